The number of pyridine rings is 1. The summed E-state index contributed by atoms with van der Waals surface area (Å²) in [5.41, 5.74) is 4.82. The SMILES string of the molecule is CC1(C)CC(N2CCCc3cc(Cl)cc(-c4ccnc5cc(CO)sc45)c32)CN1S(=O)(=O)C(C)(C)C. The molecule has 1 atom stereocenters. The molecule has 1 aromatic carbocycles. The Hall–Kier alpha value is -1.71. The van der Waals surface area contributed by atoms with Crippen molar-refractivity contribution in [1.29, 1.82) is 0 Å². The number of aliphatic hydroxyl groups is 1. The van der Waals surface area contributed by atoms with Gasteiger partial charge in [-0.25, -0.2) is 8.42 Å². The maximum Gasteiger partial charge on any atom is 0.219 e. The fourth-order valence-electron chi connectivity index (χ4n) is 5.73. The van der Waals surface area contributed by atoms with Gasteiger partial charge in [-0.05, 0) is 83.7 Å². The zero-order valence-corrected chi connectivity index (χ0v) is 23.9. The van der Waals surface area contributed by atoms with Crippen molar-refractivity contribution in [3.63, 3.8) is 0 Å². The van der Waals surface area contributed by atoms with Crippen LogP contribution in [0.5, 0.6) is 0 Å². The Morgan fingerprint density at radius 1 is 1.22 bits per heavy atom. The Balaban J connectivity index is 1.63. The first-order valence-corrected chi connectivity index (χ1v) is 15.1. The smallest absolute Gasteiger partial charge is 0.219 e. The summed E-state index contributed by atoms with van der Waals surface area (Å²) < 4.78 is 28.9. The van der Waals surface area contributed by atoms with Gasteiger partial charge in [-0.1, -0.05) is 11.6 Å². The molecule has 0 amide bonds. The van der Waals surface area contributed by atoms with Crippen LogP contribution in [0, 0.1) is 0 Å². The molecular weight excluding hydrogens is 514 g/mol. The highest BCUT2D eigenvalue weighted by atomic mass is 35.5. The lowest BCUT2D eigenvalue weighted by Crippen LogP contribution is -2.50. The maximum atomic E-state index is 13.5. The fourth-order valence-corrected chi connectivity index (χ4v) is 8.73. The number of benzene rings is 1. The van der Waals surface area contributed by atoms with Crippen molar-refractivity contribution < 1.29 is 13.5 Å². The average molecular weight is 548 g/mol. The molecule has 0 saturated carbocycles. The zero-order valence-electron chi connectivity index (χ0n) is 21.5. The summed E-state index contributed by atoms with van der Waals surface area (Å²) in [6.45, 7) is 10.7. The first-order chi connectivity index (χ1) is 16.8. The number of aliphatic hydroxyl groups excluding tert-OH is 1. The topological polar surface area (TPSA) is 73.7 Å². The molecule has 1 fully saturated rings. The normalized spacial score (nSPS) is 20.8. The fraction of sp³-hybridized carbons (Fsp3) is 0.519. The summed E-state index contributed by atoms with van der Waals surface area (Å²) in [6, 6.07) is 8.10. The minimum absolute atomic E-state index is 0.0184. The van der Waals surface area contributed by atoms with Gasteiger partial charge in [0.1, 0.15) is 0 Å². The summed E-state index contributed by atoms with van der Waals surface area (Å²) in [4.78, 5) is 7.83. The van der Waals surface area contributed by atoms with Crippen LogP contribution in [0.3, 0.4) is 0 Å². The van der Waals surface area contributed by atoms with Crippen LogP contribution in [0.25, 0.3) is 21.3 Å². The van der Waals surface area contributed by atoms with Gasteiger partial charge in [-0.3, -0.25) is 4.98 Å². The molecule has 5 rings (SSSR count). The van der Waals surface area contributed by atoms with Gasteiger partial charge in [-0.2, -0.15) is 4.31 Å². The molecule has 2 aromatic heterocycles. The number of nitrogens with zero attached hydrogens (tertiary/aromatic N) is 3. The number of aromatic nitrogens is 1. The van der Waals surface area contributed by atoms with Gasteiger partial charge in [0.15, 0.2) is 0 Å². The molecule has 2 aliphatic heterocycles. The highest BCUT2D eigenvalue weighted by Crippen LogP contribution is 2.47. The van der Waals surface area contributed by atoms with E-state index in [0.717, 1.165) is 57.7 Å². The number of aryl methyl sites for hydroxylation is 1. The van der Waals surface area contributed by atoms with Crippen LogP contribution in [-0.2, 0) is 23.1 Å². The standard InChI is InChI=1S/C27H34ClN3O3S2/c1-26(2,3)36(33,34)31-15-19(14-27(31,4)5)30-10-6-7-17-11-18(28)12-22(24(17)30)21-8-9-29-23-13-20(16-32)35-25(21)23/h8-9,11-13,19,32H,6-7,10,14-16H2,1-5H3. The predicted octanol–water partition coefficient (Wildman–Crippen LogP) is 5.84. The molecule has 2 aliphatic rings. The monoisotopic (exact) mass is 547 g/mol. The van der Waals surface area contributed by atoms with E-state index >= 15 is 0 Å². The van der Waals surface area contributed by atoms with Crippen molar-refractivity contribution in [1.82, 2.24) is 9.29 Å². The van der Waals surface area contributed by atoms with Gasteiger partial charge >= 0.3 is 0 Å². The van der Waals surface area contributed by atoms with Gasteiger partial charge in [0.05, 0.1) is 21.6 Å². The van der Waals surface area contributed by atoms with Crippen molar-refractivity contribution >= 4 is 48.9 Å². The lowest BCUT2D eigenvalue weighted by Gasteiger charge is -2.38. The minimum Gasteiger partial charge on any atom is -0.391 e. The van der Waals surface area contributed by atoms with E-state index < -0.39 is 20.3 Å². The van der Waals surface area contributed by atoms with Crippen LogP contribution in [0.15, 0.2) is 30.5 Å². The lowest BCUT2D eigenvalue weighted by atomic mass is 9.91. The largest absolute Gasteiger partial charge is 0.391 e. The van der Waals surface area contributed by atoms with E-state index in [1.54, 1.807) is 36.4 Å². The molecule has 4 heterocycles. The van der Waals surface area contributed by atoms with Gasteiger partial charge in [0.2, 0.25) is 10.0 Å². The first kappa shape index (κ1) is 25.9. The average Bonchev–Trinajstić information content (AvgIpc) is 3.37. The Bertz CT molecular complexity index is 1430. The van der Waals surface area contributed by atoms with E-state index in [-0.39, 0.29) is 12.6 Å². The van der Waals surface area contributed by atoms with Crippen molar-refractivity contribution in [2.75, 3.05) is 18.0 Å². The number of halogens is 1. The molecule has 1 unspecified atom stereocenters. The number of hydrogen-bond donors (Lipinski definition) is 1. The molecule has 0 bridgehead atoms. The van der Waals surface area contributed by atoms with E-state index in [1.165, 1.54) is 5.56 Å². The minimum atomic E-state index is -3.48. The summed E-state index contributed by atoms with van der Waals surface area (Å²) in [5, 5.41) is 10.4. The summed E-state index contributed by atoms with van der Waals surface area (Å²) >= 11 is 8.20. The molecule has 1 saturated heterocycles. The van der Waals surface area contributed by atoms with Crippen molar-refractivity contribution in [3.8, 4) is 11.1 Å². The first-order valence-electron chi connectivity index (χ1n) is 12.4. The van der Waals surface area contributed by atoms with Crippen LogP contribution < -0.4 is 4.90 Å². The lowest BCUT2D eigenvalue weighted by molar-refractivity contribution is 0.284. The molecule has 6 nitrogen and oxygen atoms in total. The number of fused-ring (bicyclic) bond motifs is 2. The third-order valence-electron chi connectivity index (χ3n) is 7.49. The Morgan fingerprint density at radius 3 is 2.67 bits per heavy atom. The molecule has 0 spiro atoms. The molecule has 0 radical (unpaired) electrons. The molecule has 36 heavy (non-hydrogen) atoms. The second kappa shape index (κ2) is 8.95. The van der Waals surface area contributed by atoms with Gasteiger partial charge in [0.25, 0.3) is 0 Å². The van der Waals surface area contributed by atoms with Crippen molar-refractivity contribution in [2.45, 2.75) is 76.8 Å². The Labute approximate surface area is 223 Å². The number of anilines is 1. The summed E-state index contributed by atoms with van der Waals surface area (Å²) in [7, 11) is -3.48. The quantitative estimate of drug-likeness (QED) is 0.444. The van der Waals surface area contributed by atoms with E-state index in [0.29, 0.717) is 11.6 Å². The van der Waals surface area contributed by atoms with Gasteiger partial charge in [-0.15, -0.1) is 11.3 Å². The molecule has 0 aliphatic carbocycles. The molecule has 1 N–H and O–H groups in total. The number of thiophene rings is 1. The predicted molar refractivity (Wildman–Crippen MR) is 150 cm³/mol. The van der Waals surface area contributed by atoms with E-state index in [4.69, 9.17) is 11.6 Å². The van der Waals surface area contributed by atoms with Crippen LogP contribution in [-0.4, -0.2) is 52.2 Å². The van der Waals surface area contributed by atoms with E-state index in [2.05, 4.69) is 16.0 Å². The number of sulfonamides is 1. The van der Waals surface area contributed by atoms with E-state index in [1.807, 2.05) is 38.2 Å². The molecule has 3 aromatic rings. The number of hydrogen-bond acceptors (Lipinski definition) is 6. The summed E-state index contributed by atoms with van der Waals surface area (Å²) in [5.74, 6) is 0. The molecule has 9 heteroatoms. The maximum absolute atomic E-state index is 13.5. The second-order valence-corrected chi connectivity index (χ2v) is 15.7. The van der Waals surface area contributed by atoms with Gasteiger partial charge in [0, 0.05) is 57.6 Å². The van der Waals surface area contributed by atoms with Crippen LogP contribution in [0.4, 0.5) is 5.69 Å². The molecular formula is C27H34ClN3O3S2. The Morgan fingerprint density at radius 2 is 1.97 bits per heavy atom. The van der Waals surface area contributed by atoms with Crippen LogP contribution in [0.2, 0.25) is 5.02 Å². The highest BCUT2D eigenvalue weighted by molar-refractivity contribution is 7.90. The van der Waals surface area contributed by atoms with Crippen LogP contribution in [0.1, 0.15) is 57.9 Å². The zero-order chi connectivity index (χ0) is 26.0. The third-order valence-corrected chi connectivity index (χ3v) is 11.6. The third kappa shape index (κ3) is 4.25. The number of rotatable bonds is 4. The van der Waals surface area contributed by atoms with Crippen molar-refractivity contribution in [3.05, 3.63) is 45.9 Å². The second-order valence-electron chi connectivity index (χ2n) is 11.5. The molecule has 194 valence electrons. The van der Waals surface area contributed by atoms with Gasteiger partial charge < -0.3 is 10.0 Å². The van der Waals surface area contributed by atoms with E-state index in [9.17, 15) is 13.5 Å². The highest BCUT2D eigenvalue weighted by Gasteiger charge is 2.50. The summed E-state index contributed by atoms with van der Waals surface area (Å²) in [6.07, 6.45) is 4.49. The Kier molecular flexibility index (Phi) is 6.44. The van der Waals surface area contributed by atoms with Crippen LogP contribution >= 0.6 is 22.9 Å². The van der Waals surface area contributed by atoms with Crippen molar-refractivity contribution in [2.24, 2.45) is 0 Å².